The Labute approximate surface area is 107 Å². The zero-order valence-corrected chi connectivity index (χ0v) is 10.5. The number of piperidine rings is 1. The van der Waals surface area contributed by atoms with Crippen molar-refractivity contribution in [1.29, 1.82) is 0 Å². The average Bonchev–Trinajstić information content (AvgIpc) is 2.37. The van der Waals surface area contributed by atoms with Gasteiger partial charge in [-0.3, -0.25) is 14.9 Å². The zero-order chi connectivity index (χ0) is 13.0. The molecule has 2 amide bonds. The molecule has 1 aromatic carbocycles. The lowest BCUT2D eigenvalue weighted by atomic mass is 9.90. The van der Waals surface area contributed by atoms with Crippen LogP contribution in [0.4, 0.5) is 5.69 Å². The molecule has 1 aromatic rings. The first-order valence-corrected chi connectivity index (χ1v) is 6.38. The van der Waals surface area contributed by atoms with Gasteiger partial charge in [-0.2, -0.15) is 0 Å². The molecule has 18 heavy (non-hydrogen) atoms. The van der Waals surface area contributed by atoms with E-state index in [0.29, 0.717) is 12.8 Å². The summed E-state index contributed by atoms with van der Waals surface area (Å²) in [6, 6.07) is 7.87. The third-order valence-electron chi connectivity index (χ3n) is 3.13. The van der Waals surface area contributed by atoms with E-state index in [1.165, 1.54) is 0 Å². The molecule has 4 heteroatoms. The maximum atomic E-state index is 11.7. The fourth-order valence-corrected chi connectivity index (χ4v) is 2.11. The van der Waals surface area contributed by atoms with Crippen LogP contribution < -0.4 is 10.6 Å². The summed E-state index contributed by atoms with van der Waals surface area (Å²) in [4.78, 5) is 22.8. The number of imide groups is 1. The van der Waals surface area contributed by atoms with E-state index in [9.17, 15) is 9.59 Å². The second kappa shape index (κ2) is 5.67. The van der Waals surface area contributed by atoms with Crippen molar-refractivity contribution in [1.82, 2.24) is 5.32 Å². The predicted octanol–water partition coefficient (Wildman–Crippen LogP) is 2.03. The number of hydrogen-bond donors (Lipinski definition) is 2. The summed E-state index contributed by atoms with van der Waals surface area (Å²) in [6.45, 7) is 3.06. The Bertz CT molecular complexity index is 440. The van der Waals surface area contributed by atoms with Gasteiger partial charge < -0.3 is 5.32 Å². The van der Waals surface area contributed by atoms with E-state index in [1.807, 2.05) is 24.3 Å². The Morgan fingerprint density at radius 1 is 1.28 bits per heavy atom. The van der Waals surface area contributed by atoms with Gasteiger partial charge in [0.2, 0.25) is 11.8 Å². The highest BCUT2D eigenvalue weighted by Gasteiger charge is 2.27. The Balaban J connectivity index is 2.05. The van der Waals surface area contributed by atoms with Crippen LogP contribution in [0, 0.1) is 0 Å². The molecule has 96 valence electrons. The lowest BCUT2D eigenvalue weighted by molar-refractivity contribution is -0.134. The molecule has 2 N–H and O–H groups in total. The predicted molar refractivity (Wildman–Crippen MR) is 70.3 cm³/mol. The third-order valence-corrected chi connectivity index (χ3v) is 3.13. The Morgan fingerprint density at radius 3 is 2.61 bits per heavy atom. The van der Waals surface area contributed by atoms with E-state index in [1.54, 1.807) is 0 Å². The third kappa shape index (κ3) is 2.88. The summed E-state index contributed by atoms with van der Waals surface area (Å²) in [6.07, 6.45) is 2.10. The van der Waals surface area contributed by atoms with Gasteiger partial charge in [0.25, 0.3) is 0 Å². The van der Waals surface area contributed by atoms with Crippen LogP contribution >= 0.6 is 0 Å². The van der Waals surface area contributed by atoms with Gasteiger partial charge in [0.15, 0.2) is 0 Å². The molecule has 1 saturated heterocycles. The molecule has 1 atom stereocenters. The quantitative estimate of drug-likeness (QED) is 0.799. The van der Waals surface area contributed by atoms with Crippen LogP contribution in [0.5, 0.6) is 0 Å². The second-order valence-electron chi connectivity index (χ2n) is 4.55. The Hall–Kier alpha value is -1.84. The van der Waals surface area contributed by atoms with Crippen molar-refractivity contribution < 1.29 is 9.59 Å². The highest BCUT2D eigenvalue weighted by molar-refractivity contribution is 6.00. The number of rotatable bonds is 4. The van der Waals surface area contributed by atoms with Gasteiger partial charge in [-0.15, -0.1) is 0 Å². The van der Waals surface area contributed by atoms with E-state index >= 15 is 0 Å². The normalized spacial score (nSPS) is 19.5. The standard InChI is InChI=1S/C14H18N2O2/c1-2-9-15-11-5-3-10(4-6-11)12-7-8-13(17)16-14(12)18/h3-6,12,15H,2,7-9H2,1H3,(H,16,17,18). The van der Waals surface area contributed by atoms with Crippen LogP contribution in [0.25, 0.3) is 0 Å². The van der Waals surface area contributed by atoms with Crippen molar-refractivity contribution in [2.75, 3.05) is 11.9 Å². The van der Waals surface area contributed by atoms with Crippen molar-refractivity contribution in [3.8, 4) is 0 Å². The van der Waals surface area contributed by atoms with Crippen molar-refractivity contribution in [3.05, 3.63) is 29.8 Å². The van der Waals surface area contributed by atoms with Crippen molar-refractivity contribution in [3.63, 3.8) is 0 Å². The van der Waals surface area contributed by atoms with Crippen LogP contribution in [0.3, 0.4) is 0 Å². The van der Waals surface area contributed by atoms with Crippen LogP contribution in [0.15, 0.2) is 24.3 Å². The summed E-state index contributed by atoms with van der Waals surface area (Å²) in [5, 5.41) is 5.67. The molecular weight excluding hydrogens is 228 g/mol. The number of carbonyl (C=O) groups is 2. The molecular formula is C14H18N2O2. The molecule has 4 nitrogen and oxygen atoms in total. The molecule has 0 saturated carbocycles. The van der Waals surface area contributed by atoms with Gasteiger partial charge in [-0.25, -0.2) is 0 Å². The maximum Gasteiger partial charge on any atom is 0.234 e. The second-order valence-corrected chi connectivity index (χ2v) is 4.55. The first kappa shape index (κ1) is 12.6. The largest absolute Gasteiger partial charge is 0.385 e. The van der Waals surface area contributed by atoms with Crippen LogP contribution in [0.1, 0.15) is 37.7 Å². The Morgan fingerprint density at radius 2 is 2.00 bits per heavy atom. The topological polar surface area (TPSA) is 58.2 Å². The van der Waals surface area contributed by atoms with Crippen LogP contribution in [-0.4, -0.2) is 18.4 Å². The van der Waals surface area contributed by atoms with Crippen LogP contribution in [0.2, 0.25) is 0 Å². The highest BCUT2D eigenvalue weighted by Crippen LogP contribution is 2.25. The molecule has 0 aliphatic carbocycles. The molecule has 0 spiro atoms. The molecule has 1 unspecified atom stereocenters. The summed E-state index contributed by atoms with van der Waals surface area (Å²) in [5.41, 5.74) is 2.04. The van der Waals surface area contributed by atoms with Gasteiger partial charge in [0.1, 0.15) is 0 Å². The summed E-state index contributed by atoms with van der Waals surface area (Å²) in [7, 11) is 0. The first-order chi connectivity index (χ1) is 8.70. The minimum atomic E-state index is -0.192. The SMILES string of the molecule is CCCNc1ccc(C2CCC(=O)NC2=O)cc1. The molecule has 0 bridgehead atoms. The molecule has 0 aromatic heterocycles. The summed E-state index contributed by atoms with van der Waals surface area (Å²) >= 11 is 0. The first-order valence-electron chi connectivity index (χ1n) is 6.38. The maximum absolute atomic E-state index is 11.7. The molecule has 1 heterocycles. The van der Waals surface area contributed by atoms with E-state index < -0.39 is 0 Å². The number of amides is 2. The summed E-state index contributed by atoms with van der Waals surface area (Å²) in [5.74, 6) is -0.541. The van der Waals surface area contributed by atoms with E-state index in [4.69, 9.17) is 0 Å². The lowest BCUT2D eigenvalue weighted by Crippen LogP contribution is -2.39. The minimum Gasteiger partial charge on any atom is -0.385 e. The van der Waals surface area contributed by atoms with Crippen molar-refractivity contribution in [2.45, 2.75) is 32.1 Å². The number of anilines is 1. The smallest absolute Gasteiger partial charge is 0.234 e. The van der Waals surface area contributed by atoms with E-state index in [-0.39, 0.29) is 17.7 Å². The lowest BCUT2D eigenvalue weighted by Gasteiger charge is -2.21. The Kier molecular flexibility index (Phi) is 3.97. The fourth-order valence-electron chi connectivity index (χ4n) is 2.11. The van der Waals surface area contributed by atoms with Gasteiger partial charge in [0.05, 0.1) is 5.92 Å². The average molecular weight is 246 g/mol. The van der Waals surface area contributed by atoms with Crippen molar-refractivity contribution in [2.24, 2.45) is 0 Å². The van der Waals surface area contributed by atoms with Crippen LogP contribution in [-0.2, 0) is 9.59 Å². The number of hydrogen-bond acceptors (Lipinski definition) is 3. The molecule has 1 aliphatic rings. The molecule has 1 fully saturated rings. The van der Waals surface area contributed by atoms with Gasteiger partial charge in [0, 0.05) is 18.7 Å². The zero-order valence-electron chi connectivity index (χ0n) is 10.5. The van der Waals surface area contributed by atoms with E-state index in [2.05, 4.69) is 17.6 Å². The summed E-state index contributed by atoms with van der Waals surface area (Å²) < 4.78 is 0. The van der Waals surface area contributed by atoms with Gasteiger partial charge >= 0.3 is 0 Å². The fraction of sp³-hybridized carbons (Fsp3) is 0.429. The molecule has 0 radical (unpaired) electrons. The van der Waals surface area contributed by atoms with Gasteiger partial charge in [-0.1, -0.05) is 19.1 Å². The van der Waals surface area contributed by atoms with Crippen molar-refractivity contribution >= 4 is 17.5 Å². The molecule has 2 rings (SSSR count). The molecule has 1 aliphatic heterocycles. The highest BCUT2D eigenvalue weighted by atomic mass is 16.2. The minimum absolute atomic E-state index is 0.169. The number of nitrogens with one attached hydrogen (secondary N) is 2. The number of carbonyl (C=O) groups excluding carboxylic acids is 2. The van der Waals surface area contributed by atoms with Gasteiger partial charge in [-0.05, 0) is 30.5 Å². The monoisotopic (exact) mass is 246 g/mol. The number of benzene rings is 1. The van der Waals surface area contributed by atoms with E-state index in [0.717, 1.165) is 24.2 Å².